The van der Waals surface area contributed by atoms with Crippen molar-refractivity contribution in [3.8, 4) is 0 Å². The van der Waals surface area contributed by atoms with Crippen molar-refractivity contribution in [1.29, 1.82) is 0 Å². The van der Waals surface area contributed by atoms with Crippen molar-refractivity contribution in [3.63, 3.8) is 0 Å². The Morgan fingerprint density at radius 3 is 2.73 bits per heavy atom. The van der Waals surface area contributed by atoms with Crippen molar-refractivity contribution in [1.82, 2.24) is 9.55 Å². The number of thiophene rings is 1. The summed E-state index contributed by atoms with van der Waals surface area (Å²) in [7, 11) is 0. The number of aromatic nitrogens is 2. The maximum absolute atomic E-state index is 12.7. The maximum Gasteiger partial charge on any atom is 0.204 e. The zero-order valence-corrected chi connectivity index (χ0v) is 20.1. The van der Waals surface area contributed by atoms with Crippen LogP contribution in [0.2, 0.25) is 0 Å². The maximum atomic E-state index is 12.7. The highest BCUT2D eigenvalue weighted by Crippen LogP contribution is 2.19. The molecule has 1 saturated heterocycles. The molecule has 0 radical (unpaired) electrons. The van der Waals surface area contributed by atoms with Gasteiger partial charge in [-0.1, -0.05) is 11.2 Å². The van der Waals surface area contributed by atoms with E-state index in [-0.39, 0.29) is 18.2 Å². The fraction of sp³-hybridized carbons (Fsp3) is 0.400. The van der Waals surface area contributed by atoms with E-state index in [1.807, 2.05) is 32.0 Å². The fourth-order valence-electron chi connectivity index (χ4n) is 4.24. The van der Waals surface area contributed by atoms with Crippen LogP contribution < -0.4 is 10.6 Å². The predicted molar refractivity (Wildman–Crippen MR) is 133 cm³/mol. The summed E-state index contributed by atoms with van der Waals surface area (Å²) < 4.78 is 2.18. The Labute approximate surface area is 198 Å². The van der Waals surface area contributed by atoms with Crippen LogP contribution in [0.5, 0.6) is 0 Å². The standard InChI is InChI=1S/C25H31N5O2S/c1-18-15-22(19(2)30(18)13-10-21-7-6-14-33-21)23(31)17-32-28-25(26)20-8-9-24(27-16-20)29-11-4-3-5-12-29/h6-9,14-16H,3-5,10-13,17H2,1-2H3,(H2,26,28). The molecule has 1 fully saturated rings. The van der Waals surface area contributed by atoms with Crippen LogP contribution in [0.4, 0.5) is 5.82 Å². The molecular weight excluding hydrogens is 434 g/mol. The first-order valence-electron chi connectivity index (χ1n) is 11.4. The highest BCUT2D eigenvalue weighted by atomic mass is 32.1. The molecule has 33 heavy (non-hydrogen) atoms. The Balaban J connectivity index is 1.33. The fourth-order valence-corrected chi connectivity index (χ4v) is 4.94. The molecule has 0 saturated carbocycles. The molecule has 0 aliphatic carbocycles. The molecule has 174 valence electrons. The lowest BCUT2D eigenvalue weighted by Crippen LogP contribution is -2.30. The highest BCUT2D eigenvalue weighted by Gasteiger charge is 2.17. The first-order valence-corrected chi connectivity index (χ1v) is 12.3. The van der Waals surface area contributed by atoms with Gasteiger partial charge >= 0.3 is 0 Å². The molecule has 0 amide bonds. The van der Waals surface area contributed by atoms with E-state index < -0.39 is 0 Å². The summed E-state index contributed by atoms with van der Waals surface area (Å²) in [6, 6.07) is 9.97. The molecule has 0 atom stereocenters. The minimum Gasteiger partial charge on any atom is -0.386 e. The summed E-state index contributed by atoms with van der Waals surface area (Å²) in [6.45, 7) is 6.76. The number of hydrogen-bond donors (Lipinski definition) is 1. The Hall–Kier alpha value is -3.13. The number of Topliss-reactive ketones (excluding diaryl/α,β-unsaturated/α-hetero) is 1. The van der Waals surface area contributed by atoms with Gasteiger partial charge in [-0.2, -0.15) is 0 Å². The summed E-state index contributed by atoms with van der Waals surface area (Å²) in [6.07, 6.45) is 6.33. The molecule has 0 bridgehead atoms. The third kappa shape index (κ3) is 5.63. The molecule has 1 aliphatic rings. The van der Waals surface area contributed by atoms with Crippen LogP contribution in [0.3, 0.4) is 0 Å². The number of oxime groups is 1. The van der Waals surface area contributed by atoms with Gasteiger partial charge in [0.1, 0.15) is 5.82 Å². The number of amidine groups is 1. The number of hydrogen-bond acceptors (Lipinski definition) is 6. The van der Waals surface area contributed by atoms with Crippen LogP contribution in [-0.2, 0) is 17.8 Å². The average Bonchev–Trinajstić information content (AvgIpc) is 3.46. The van der Waals surface area contributed by atoms with Crippen molar-refractivity contribution in [2.45, 2.75) is 46.1 Å². The van der Waals surface area contributed by atoms with Crippen LogP contribution >= 0.6 is 11.3 Å². The molecule has 1 aliphatic heterocycles. The van der Waals surface area contributed by atoms with E-state index in [2.05, 4.69) is 37.1 Å². The molecule has 7 nitrogen and oxygen atoms in total. The number of nitrogens with two attached hydrogens (primary N) is 1. The Bertz CT molecular complexity index is 1100. The number of piperidine rings is 1. The van der Waals surface area contributed by atoms with Crippen LogP contribution in [-0.4, -0.2) is 40.9 Å². The molecule has 3 aromatic rings. The van der Waals surface area contributed by atoms with E-state index in [1.54, 1.807) is 17.5 Å². The van der Waals surface area contributed by atoms with Crippen LogP contribution in [0.25, 0.3) is 0 Å². The average molecular weight is 466 g/mol. The van der Waals surface area contributed by atoms with E-state index >= 15 is 0 Å². The van der Waals surface area contributed by atoms with Crippen molar-refractivity contribution in [2.75, 3.05) is 24.6 Å². The number of nitrogens with zero attached hydrogens (tertiary/aromatic N) is 4. The molecule has 4 heterocycles. The summed E-state index contributed by atoms with van der Waals surface area (Å²) in [5, 5.41) is 6.03. The van der Waals surface area contributed by atoms with E-state index in [0.717, 1.165) is 43.3 Å². The van der Waals surface area contributed by atoms with Gasteiger partial charge in [0, 0.05) is 53.2 Å². The third-order valence-corrected chi connectivity index (χ3v) is 7.05. The lowest BCUT2D eigenvalue weighted by atomic mass is 10.1. The van der Waals surface area contributed by atoms with Gasteiger partial charge in [0.2, 0.25) is 5.78 Å². The van der Waals surface area contributed by atoms with Crippen molar-refractivity contribution in [3.05, 3.63) is 69.3 Å². The molecule has 2 N–H and O–H groups in total. The van der Waals surface area contributed by atoms with Gasteiger partial charge in [0.05, 0.1) is 0 Å². The van der Waals surface area contributed by atoms with Crippen LogP contribution in [0.1, 0.15) is 51.4 Å². The van der Waals surface area contributed by atoms with Gasteiger partial charge in [0.15, 0.2) is 12.4 Å². The smallest absolute Gasteiger partial charge is 0.204 e. The van der Waals surface area contributed by atoms with E-state index in [1.165, 1.54) is 24.1 Å². The lowest BCUT2D eigenvalue weighted by Gasteiger charge is -2.27. The lowest BCUT2D eigenvalue weighted by molar-refractivity contribution is 0.0775. The predicted octanol–water partition coefficient (Wildman–Crippen LogP) is 4.31. The van der Waals surface area contributed by atoms with Gasteiger partial charge in [-0.25, -0.2) is 4.98 Å². The van der Waals surface area contributed by atoms with Crippen molar-refractivity contribution in [2.24, 2.45) is 10.9 Å². The molecular formula is C25H31N5O2S. The Morgan fingerprint density at radius 2 is 2.03 bits per heavy atom. The molecule has 8 heteroatoms. The quantitative estimate of drug-likeness (QED) is 0.220. The minimum absolute atomic E-state index is 0.111. The largest absolute Gasteiger partial charge is 0.386 e. The highest BCUT2D eigenvalue weighted by molar-refractivity contribution is 7.09. The summed E-state index contributed by atoms with van der Waals surface area (Å²) >= 11 is 1.75. The number of pyridine rings is 1. The SMILES string of the molecule is Cc1cc(C(=O)CON=C(N)c2ccc(N3CCCCC3)nc2)c(C)n1CCc1cccs1. The first-order chi connectivity index (χ1) is 16.0. The zero-order valence-electron chi connectivity index (χ0n) is 19.3. The van der Waals surface area contributed by atoms with Crippen LogP contribution in [0.15, 0.2) is 47.1 Å². The third-order valence-electron chi connectivity index (χ3n) is 6.12. The topological polar surface area (TPSA) is 85.7 Å². The number of carbonyl (C=O) groups excluding carboxylic acids is 1. The zero-order chi connectivity index (χ0) is 23.2. The second-order valence-corrected chi connectivity index (χ2v) is 9.42. The Morgan fingerprint density at radius 1 is 1.21 bits per heavy atom. The summed E-state index contributed by atoms with van der Waals surface area (Å²) in [4.78, 5) is 26.2. The van der Waals surface area contributed by atoms with Gasteiger partial charge in [0.25, 0.3) is 0 Å². The van der Waals surface area contributed by atoms with Crippen LogP contribution in [0, 0.1) is 13.8 Å². The monoisotopic (exact) mass is 465 g/mol. The first kappa shape index (κ1) is 23.0. The number of aryl methyl sites for hydroxylation is 2. The number of anilines is 1. The van der Waals surface area contributed by atoms with Crippen molar-refractivity contribution < 1.29 is 9.63 Å². The molecule has 0 spiro atoms. The summed E-state index contributed by atoms with van der Waals surface area (Å²) in [5.74, 6) is 1.05. The summed E-state index contributed by atoms with van der Waals surface area (Å²) in [5.41, 5.74) is 9.41. The number of ketones is 1. The van der Waals surface area contributed by atoms with Gasteiger partial charge in [-0.05, 0) is 69.2 Å². The van der Waals surface area contributed by atoms with Gasteiger partial charge < -0.3 is 20.0 Å². The second kappa shape index (κ2) is 10.7. The van der Waals surface area contributed by atoms with E-state index in [4.69, 9.17) is 10.6 Å². The number of rotatable bonds is 9. The molecule has 4 rings (SSSR count). The molecule has 3 aromatic heterocycles. The normalized spacial score (nSPS) is 14.5. The second-order valence-electron chi connectivity index (χ2n) is 8.39. The number of carbonyl (C=O) groups is 1. The van der Waals surface area contributed by atoms with E-state index in [9.17, 15) is 4.79 Å². The van der Waals surface area contributed by atoms with Gasteiger partial charge in [-0.15, -0.1) is 11.3 Å². The van der Waals surface area contributed by atoms with Crippen molar-refractivity contribution >= 4 is 28.8 Å². The molecule has 0 aromatic carbocycles. The minimum atomic E-state index is -0.158. The molecule has 0 unspecified atom stereocenters. The van der Waals surface area contributed by atoms with Gasteiger partial charge in [-0.3, -0.25) is 4.79 Å². The van der Waals surface area contributed by atoms with E-state index in [0.29, 0.717) is 11.1 Å². The Kier molecular flexibility index (Phi) is 7.44.